The zero-order chi connectivity index (χ0) is 11.7. The maximum absolute atomic E-state index is 12.2. The lowest BCUT2D eigenvalue weighted by Gasteiger charge is -2.02. The molecule has 0 saturated heterocycles. The van der Waals surface area contributed by atoms with Gasteiger partial charge in [0.25, 0.3) is 0 Å². The van der Waals surface area contributed by atoms with Gasteiger partial charge in [-0.25, -0.2) is 0 Å². The van der Waals surface area contributed by atoms with Gasteiger partial charge in [0.15, 0.2) is 5.69 Å². The molecule has 0 saturated carbocycles. The molecule has 5 nitrogen and oxygen atoms in total. The van der Waals surface area contributed by atoms with Crippen molar-refractivity contribution in [2.45, 2.75) is 0 Å². The Bertz CT molecular complexity index is 671. The van der Waals surface area contributed by atoms with Crippen LogP contribution in [0.1, 0.15) is 16.1 Å². The van der Waals surface area contributed by atoms with Crippen LogP contribution in [-0.4, -0.2) is 26.2 Å². The minimum absolute atomic E-state index is 0.155. The Balaban J connectivity index is 2.21. The van der Waals surface area contributed by atoms with Gasteiger partial charge in [0, 0.05) is 23.3 Å². The van der Waals surface area contributed by atoms with Gasteiger partial charge in [-0.1, -0.05) is 18.2 Å². The van der Waals surface area contributed by atoms with Crippen molar-refractivity contribution < 1.29 is 4.79 Å². The summed E-state index contributed by atoms with van der Waals surface area (Å²) >= 11 is 0. The first-order valence-electron chi connectivity index (χ1n) is 5.09. The summed E-state index contributed by atoms with van der Waals surface area (Å²) < 4.78 is 0. The molecule has 2 aromatic heterocycles. The quantitative estimate of drug-likeness (QED) is 0.671. The number of aromatic amines is 1. The van der Waals surface area contributed by atoms with E-state index in [0.717, 1.165) is 10.8 Å². The minimum atomic E-state index is -0.155. The lowest BCUT2D eigenvalue weighted by molar-refractivity contribution is 0.103. The Hall–Kier alpha value is -2.56. The lowest BCUT2D eigenvalue weighted by atomic mass is 10.0. The zero-order valence-electron chi connectivity index (χ0n) is 8.79. The summed E-state index contributed by atoms with van der Waals surface area (Å²) in [6.45, 7) is 0. The highest BCUT2D eigenvalue weighted by molar-refractivity contribution is 6.15. The molecular weight excluding hydrogens is 216 g/mol. The van der Waals surface area contributed by atoms with E-state index in [2.05, 4.69) is 20.4 Å². The van der Waals surface area contributed by atoms with Crippen LogP contribution < -0.4 is 0 Å². The Kier molecular flexibility index (Phi) is 2.15. The molecule has 0 spiro atoms. The second-order valence-electron chi connectivity index (χ2n) is 3.59. The molecular formula is C12H8N4O. The van der Waals surface area contributed by atoms with E-state index in [1.165, 1.54) is 6.20 Å². The number of hydrogen-bond acceptors (Lipinski definition) is 4. The predicted octanol–water partition coefficient (Wildman–Crippen LogP) is 1.58. The van der Waals surface area contributed by atoms with Crippen LogP contribution in [0.5, 0.6) is 0 Å². The molecule has 0 atom stereocenters. The van der Waals surface area contributed by atoms with E-state index in [-0.39, 0.29) is 5.78 Å². The van der Waals surface area contributed by atoms with Gasteiger partial charge in [-0.2, -0.15) is 15.4 Å². The van der Waals surface area contributed by atoms with Crippen molar-refractivity contribution in [2.75, 3.05) is 0 Å². The fourth-order valence-corrected chi connectivity index (χ4v) is 1.76. The number of aromatic nitrogens is 4. The Morgan fingerprint density at radius 3 is 2.94 bits per heavy atom. The van der Waals surface area contributed by atoms with Crippen molar-refractivity contribution in [3.8, 4) is 0 Å². The van der Waals surface area contributed by atoms with E-state index in [9.17, 15) is 4.79 Å². The van der Waals surface area contributed by atoms with Gasteiger partial charge in [-0.15, -0.1) is 0 Å². The second-order valence-corrected chi connectivity index (χ2v) is 3.59. The van der Waals surface area contributed by atoms with Crippen LogP contribution in [0.15, 0.2) is 42.9 Å². The summed E-state index contributed by atoms with van der Waals surface area (Å²) in [6, 6.07) is 7.42. The van der Waals surface area contributed by atoms with Gasteiger partial charge in [0.2, 0.25) is 5.78 Å². The standard InChI is InChI=1S/C12H8N4O/c17-12(11-7-14-16-15-11)9-3-1-2-8-4-5-13-6-10(8)9/h1-7H,(H,14,15,16). The van der Waals surface area contributed by atoms with E-state index in [4.69, 9.17) is 0 Å². The van der Waals surface area contributed by atoms with E-state index in [0.29, 0.717) is 11.3 Å². The lowest BCUT2D eigenvalue weighted by Crippen LogP contribution is -2.02. The maximum Gasteiger partial charge on any atom is 0.215 e. The summed E-state index contributed by atoms with van der Waals surface area (Å²) in [4.78, 5) is 16.2. The normalized spacial score (nSPS) is 10.6. The van der Waals surface area contributed by atoms with E-state index in [1.807, 2.05) is 18.2 Å². The van der Waals surface area contributed by atoms with Crippen LogP contribution in [0.3, 0.4) is 0 Å². The Labute approximate surface area is 96.5 Å². The fourth-order valence-electron chi connectivity index (χ4n) is 1.76. The number of rotatable bonds is 2. The van der Waals surface area contributed by atoms with Crippen molar-refractivity contribution in [3.05, 3.63) is 54.1 Å². The Morgan fingerprint density at radius 2 is 2.12 bits per heavy atom. The third-order valence-electron chi connectivity index (χ3n) is 2.58. The predicted molar refractivity (Wildman–Crippen MR) is 61.6 cm³/mol. The number of benzene rings is 1. The molecule has 2 heterocycles. The molecule has 0 fully saturated rings. The smallest absolute Gasteiger partial charge is 0.215 e. The number of pyridine rings is 1. The molecule has 5 heteroatoms. The number of hydrogen-bond donors (Lipinski definition) is 1. The number of carbonyl (C=O) groups excluding carboxylic acids is 1. The van der Waals surface area contributed by atoms with Crippen LogP contribution in [0.25, 0.3) is 10.8 Å². The monoisotopic (exact) mass is 224 g/mol. The van der Waals surface area contributed by atoms with Crippen LogP contribution in [0.4, 0.5) is 0 Å². The molecule has 0 radical (unpaired) electrons. The van der Waals surface area contributed by atoms with Crippen LogP contribution in [0, 0.1) is 0 Å². The number of nitrogens with zero attached hydrogens (tertiary/aromatic N) is 3. The molecule has 0 aliphatic carbocycles. The SMILES string of the molecule is O=C(c1cn[nH]n1)c1cccc2ccncc12. The van der Waals surface area contributed by atoms with Gasteiger partial charge in [-0.3, -0.25) is 9.78 Å². The zero-order valence-corrected chi connectivity index (χ0v) is 8.79. The summed E-state index contributed by atoms with van der Waals surface area (Å²) in [5.41, 5.74) is 0.894. The number of nitrogens with one attached hydrogen (secondary N) is 1. The first-order valence-corrected chi connectivity index (χ1v) is 5.09. The van der Waals surface area contributed by atoms with E-state index >= 15 is 0 Å². The third kappa shape index (κ3) is 1.57. The number of fused-ring (bicyclic) bond motifs is 1. The van der Waals surface area contributed by atoms with Gasteiger partial charge < -0.3 is 0 Å². The molecule has 0 amide bonds. The summed E-state index contributed by atoms with van der Waals surface area (Å²) in [5, 5.41) is 11.7. The van der Waals surface area contributed by atoms with Crippen molar-refractivity contribution >= 4 is 16.6 Å². The van der Waals surface area contributed by atoms with Crippen LogP contribution in [-0.2, 0) is 0 Å². The average Bonchev–Trinajstić information content (AvgIpc) is 2.91. The molecule has 0 unspecified atom stereocenters. The van der Waals surface area contributed by atoms with Gasteiger partial charge >= 0.3 is 0 Å². The topological polar surface area (TPSA) is 71.5 Å². The summed E-state index contributed by atoms with van der Waals surface area (Å²) in [7, 11) is 0. The van der Waals surface area contributed by atoms with E-state index in [1.54, 1.807) is 18.5 Å². The largest absolute Gasteiger partial charge is 0.287 e. The minimum Gasteiger partial charge on any atom is -0.287 e. The first-order chi connectivity index (χ1) is 8.36. The molecule has 0 aliphatic heterocycles. The second kappa shape index (κ2) is 3.79. The number of ketones is 1. The molecule has 3 aromatic rings. The highest BCUT2D eigenvalue weighted by Gasteiger charge is 2.14. The van der Waals surface area contributed by atoms with Crippen molar-refractivity contribution in [1.82, 2.24) is 20.4 Å². The first kappa shape index (κ1) is 9.65. The summed E-state index contributed by atoms with van der Waals surface area (Å²) in [5.74, 6) is -0.155. The molecule has 1 N–H and O–H groups in total. The fraction of sp³-hybridized carbons (Fsp3) is 0. The number of carbonyl (C=O) groups is 1. The molecule has 0 aliphatic rings. The van der Waals surface area contributed by atoms with Gasteiger partial charge in [0.05, 0.1) is 6.20 Å². The summed E-state index contributed by atoms with van der Waals surface area (Å²) in [6.07, 6.45) is 4.80. The van der Waals surface area contributed by atoms with Crippen molar-refractivity contribution in [1.29, 1.82) is 0 Å². The van der Waals surface area contributed by atoms with Crippen LogP contribution in [0.2, 0.25) is 0 Å². The molecule has 17 heavy (non-hydrogen) atoms. The molecule has 1 aromatic carbocycles. The molecule has 0 bridgehead atoms. The number of H-pyrrole nitrogens is 1. The van der Waals surface area contributed by atoms with Crippen molar-refractivity contribution in [3.63, 3.8) is 0 Å². The maximum atomic E-state index is 12.2. The van der Waals surface area contributed by atoms with Gasteiger partial charge in [-0.05, 0) is 11.5 Å². The molecule has 3 rings (SSSR count). The highest BCUT2D eigenvalue weighted by atomic mass is 16.1. The van der Waals surface area contributed by atoms with Crippen molar-refractivity contribution in [2.24, 2.45) is 0 Å². The average molecular weight is 224 g/mol. The third-order valence-corrected chi connectivity index (χ3v) is 2.58. The Morgan fingerprint density at radius 1 is 1.18 bits per heavy atom. The van der Waals surface area contributed by atoms with Gasteiger partial charge in [0.1, 0.15) is 0 Å². The van der Waals surface area contributed by atoms with Crippen LogP contribution >= 0.6 is 0 Å². The molecule has 82 valence electrons. The van der Waals surface area contributed by atoms with E-state index < -0.39 is 0 Å². The highest BCUT2D eigenvalue weighted by Crippen LogP contribution is 2.19.